The molecule has 27 heavy (non-hydrogen) atoms. The third-order valence-electron chi connectivity index (χ3n) is 5.34. The Balaban J connectivity index is 1.71. The molecule has 10 heteroatoms. The Morgan fingerprint density at radius 1 is 1.30 bits per heavy atom. The van der Waals surface area contributed by atoms with Crippen LogP contribution in [0.3, 0.4) is 0 Å². The van der Waals surface area contributed by atoms with E-state index in [-0.39, 0.29) is 19.5 Å². The molecular weight excluding hydrogens is 358 g/mol. The second-order valence-corrected chi connectivity index (χ2v) is 7.09. The number of carbonyl (C=O) groups excluding carboxylic acids is 2. The summed E-state index contributed by atoms with van der Waals surface area (Å²) in [5.41, 5.74) is 1.67. The highest BCUT2D eigenvalue weighted by Gasteiger charge is 2.39. The number of nitrogens with one attached hydrogen (secondary N) is 2. The number of hydrogen-bond donors (Lipinski definition) is 2. The van der Waals surface area contributed by atoms with Gasteiger partial charge in [0.25, 0.3) is 5.92 Å². The summed E-state index contributed by atoms with van der Waals surface area (Å²) in [6.45, 7) is 2.36. The van der Waals surface area contributed by atoms with Crippen LogP contribution in [0.1, 0.15) is 31.4 Å². The summed E-state index contributed by atoms with van der Waals surface area (Å²) in [4.78, 5) is 29.7. The SMILES string of the molecule is CC1CCN(c2cc(C3CNC(=O)NC3=O)nn3ccnc23)CCC1(F)F. The van der Waals surface area contributed by atoms with Crippen molar-refractivity contribution in [2.24, 2.45) is 5.92 Å². The maximum atomic E-state index is 14.1. The number of aromatic nitrogens is 3. The normalized spacial score (nSPS) is 25.8. The molecule has 2 saturated heterocycles. The first-order chi connectivity index (χ1) is 12.8. The van der Waals surface area contributed by atoms with Crippen molar-refractivity contribution >= 4 is 23.3 Å². The van der Waals surface area contributed by atoms with E-state index in [1.165, 1.54) is 0 Å². The van der Waals surface area contributed by atoms with Gasteiger partial charge in [0.15, 0.2) is 5.65 Å². The maximum Gasteiger partial charge on any atom is 0.321 e. The lowest BCUT2D eigenvalue weighted by Gasteiger charge is -2.26. The summed E-state index contributed by atoms with van der Waals surface area (Å²) in [6.07, 6.45) is 3.35. The molecule has 2 aromatic heterocycles. The second-order valence-electron chi connectivity index (χ2n) is 7.09. The highest BCUT2D eigenvalue weighted by Crippen LogP contribution is 2.36. The molecule has 2 aliphatic rings. The molecule has 4 heterocycles. The van der Waals surface area contributed by atoms with Crippen molar-refractivity contribution in [3.63, 3.8) is 0 Å². The fourth-order valence-corrected chi connectivity index (χ4v) is 3.54. The number of nitrogens with zero attached hydrogens (tertiary/aromatic N) is 4. The molecule has 2 aliphatic heterocycles. The lowest BCUT2D eigenvalue weighted by Crippen LogP contribution is -2.51. The van der Waals surface area contributed by atoms with Crippen molar-refractivity contribution in [2.75, 3.05) is 24.5 Å². The van der Waals surface area contributed by atoms with Gasteiger partial charge in [-0.3, -0.25) is 10.1 Å². The number of amides is 3. The third kappa shape index (κ3) is 3.19. The second kappa shape index (κ2) is 6.43. The van der Waals surface area contributed by atoms with Crippen LogP contribution in [0.15, 0.2) is 18.5 Å². The van der Waals surface area contributed by atoms with Gasteiger partial charge < -0.3 is 10.2 Å². The lowest BCUT2D eigenvalue weighted by atomic mass is 9.99. The van der Waals surface area contributed by atoms with Crippen LogP contribution < -0.4 is 15.5 Å². The minimum Gasteiger partial charge on any atom is -0.368 e. The predicted octanol–water partition coefficient (Wildman–Crippen LogP) is 1.52. The minimum atomic E-state index is -2.70. The monoisotopic (exact) mass is 378 g/mol. The van der Waals surface area contributed by atoms with Crippen molar-refractivity contribution < 1.29 is 18.4 Å². The molecule has 144 valence electrons. The highest BCUT2D eigenvalue weighted by molar-refractivity contribution is 6.00. The van der Waals surface area contributed by atoms with Crippen LogP contribution in [0, 0.1) is 5.92 Å². The number of carbonyl (C=O) groups is 2. The van der Waals surface area contributed by atoms with Crippen LogP contribution in [-0.2, 0) is 4.79 Å². The maximum absolute atomic E-state index is 14.1. The Hall–Kier alpha value is -2.78. The van der Waals surface area contributed by atoms with Gasteiger partial charge in [-0.25, -0.2) is 23.1 Å². The van der Waals surface area contributed by atoms with Crippen molar-refractivity contribution in [1.82, 2.24) is 25.2 Å². The topological polar surface area (TPSA) is 91.6 Å². The number of fused-ring (bicyclic) bond motifs is 1. The summed E-state index contributed by atoms with van der Waals surface area (Å²) in [6, 6.07) is 1.18. The van der Waals surface area contributed by atoms with Crippen LogP contribution in [0.2, 0.25) is 0 Å². The first kappa shape index (κ1) is 17.6. The van der Waals surface area contributed by atoms with Crippen LogP contribution in [0.25, 0.3) is 5.65 Å². The molecule has 0 spiro atoms. The number of halogens is 2. The van der Waals surface area contributed by atoms with Crippen molar-refractivity contribution in [1.29, 1.82) is 0 Å². The van der Waals surface area contributed by atoms with Gasteiger partial charge in [0, 0.05) is 44.4 Å². The third-order valence-corrected chi connectivity index (χ3v) is 5.34. The van der Waals surface area contributed by atoms with E-state index in [9.17, 15) is 18.4 Å². The number of anilines is 1. The first-order valence-corrected chi connectivity index (χ1v) is 8.91. The largest absolute Gasteiger partial charge is 0.368 e. The van der Waals surface area contributed by atoms with Gasteiger partial charge in [-0.05, 0) is 12.5 Å². The molecule has 0 radical (unpaired) electrons. The summed E-state index contributed by atoms with van der Waals surface area (Å²) in [7, 11) is 0. The molecule has 3 amide bonds. The van der Waals surface area contributed by atoms with Gasteiger partial charge in [0.1, 0.15) is 0 Å². The standard InChI is InChI=1S/C17H20F2N6O2/c1-10-2-5-24(6-3-17(10,18)19)13-8-12(23-25-7-4-20-14(13)25)11-9-21-16(27)22-15(11)26/h4,7-8,10-11H,2-3,5-6,9H2,1H3,(H2,21,22,26,27). The molecule has 4 rings (SSSR count). The zero-order chi connectivity index (χ0) is 19.2. The summed E-state index contributed by atoms with van der Waals surface area (Å²) in [5.74, 6) is -4.49. The van der Waals surface area contributed by atoms with E-state index in [2.05, 4.69) is 20.7 Å². The number of alkyl halides is 2. The number of imidazole rings is 1. The van der Waals surface area contributed by atoms with Crippen LogP contribution in [0.5, 0.6) is 0 Å². The van der Waals surface area contributed by atoms with Crippen molar-refractivity contribution in [3.05, 3.63) is 24.2 Å². The smallest absolute Gasteiger partial charge is 0.321 e. The molecule has 2 unspecified atom stereocenters. The summed E-state index contributed by atoms with van der Waals surface area (Å²) in [5, 5.41) is 9.23. The zero-order valence-electron chi connectivity index (χ0n) is 14.8. The Morgan fingerprint density at radius 2 is 2.11 bits per heavy atom. The van der Waals surface area contributed by atoms with Crippen LogP contribution >= 0.6 is 0 Å². The molecule has 0 bridgehead atoms. The average molecular weight is 378 g/mol. The van der Waals surface area contributed by atoms with Crippen LogP contribution in [0.4, 0.5) is 19.3 Å². The molecule has 2 N–H and O–H groups in total. The van der Waals surface area contributed by atoms with E-state index >= 15 is 0 Å². The van der Waals surface area contributed by atoms with Gasteiger partial charge in [-0.1, -0.05) is 6.92 Å². The molecule has 2 atom stereocenters. The average Bonchev–Trinajstić information content (AvgIpc) is 3.04. The van der Waals surface area contributed by atoms with Gasteiger partial charge >= 0.3 is 6.03 Å². The van der Waals surface area contributed by atoms with Gasteiger partial charge in [-0.2, -0.15) is 5.10 Å². The quantitative estimate of drug-likeness (QED) is 0.827. The molecule has 0 aromatic carbocycles. The van der Waals surface area contributed by atoms with E-state index in [1.807, 2.05) is 4.90 Å². The highest BCUT2D eigenvalue weighted by atomic mass is 19.3. The Morgan fingerprint density at radius 3 is 2.89 bits per heavy atom. The Kier molecular flexibility index (Phi) is 4.20. The number of rotatable bonds is 2. The lowest BCUT2D eigenvalue weighted by molar-refractivity contribution is -0.122. The summed E-state index contributed by atoms with van der Waals surface area (Å²) >= 11 is 0. The van der Waals surface area contributed by atoms with E-state index in [4.69, 9.17) is 0 Å². The number of hydrogen-bond acceptors (Lipinski definition) is 5. The summed E-state index contributed by atoms with van der Waals surface area (Å²) < 4.78 is 29.8. The van der Waals surface area contributed by atoms with Gasteiger partial charge in [0.2, 0.25) is 5.91 Å². The molecule has 2 fully saturated rings. The van der Waals surface area contributed by atoms with Gasteiger partial charge in [-0.15, -0.1) is 0 Å². The van der Waals surface area contributed by atoms with E-state index in [0.717, 1.165) is 0 Å². The van der Waals surface area contributed by atoms with E-state index in [0.29, 0.717) is 30.0 Å². The molecule has 2 aromatic rings. The molecule has 0 aliphatic carbocycles. The van der Waals surface area contributed by atoms with Crippen molar-refractivity contribution in [3.8, 4) is 0 Å². The number of urea groups is 1. The molecule has 0 saturated carbocycles. The Bertz CT molecular complexity index is 899. The number of imide groups is 1. The fraction of sp³-hybridized carbons (Fsp3) is 0.529. The fourth-order valence-electron chi connectivity index (χ4n) is 3.54. The van der Waals surface area contributed by atoms with Crippen molar-refractivity contribution in [2.45, 2.75) is 31.6 Å². The van der Waals surface area contributed by atoms with Crippen LogP contribution in [-0.4, -0.2) is 52.1 Å². The van der Waals surface area contributed by atoms with Gasteiger partial charge in [0.05, 0.1) is 17.3 Å². The van der Waals surface area contributed by atoms with E-state index < -0.39 is 29.7 Å². The first-order valence-electron chi connectivity index (χ1n) is 8.91. The zero-order valence-corrected chi connectivity index (χ0v) is 14.8. The molecular formula is C17H20F2N6O2. The predicted molar refractivity (Wildman–Crippen MR) is 92.8 cm³/mol. The molecule has 8 nitrogen and oxygen atoms in total. The Labute approximate surface area is 153 Å². The van der Waals surface area contributed by atoms with E-state index in [1.54, 1.807) is 29.9 Å². The minimum absolute atomic E-state index is 0.131.